The van der Waals surface area contributed by atoms with Gasteiger partial charge in [-0.25, -0.2) is 14.8 Å². The van der Waals surface area contributed by atoms with Crippen LogP contribution in [-0.4, -0.2) is 47.9 Å². The summed E-state index contributed by atoms with van der Waals surface area (Å²) in [6, 6.07) is 11.9. The van der Waals surface area contributed by atoms with E-state index in [9.17, 15) is 4.79 Å². The number of rotatable bonds is 5. The Balaban J connectivity index is 1.38. The first-order valence-electron chi connectivity index (χ1n) is 12.5. The predicted octanol–water partition coefficient (Wildman–Crippen LogP) is 5.46. The molecule has 1 aliphatic heterocycles. The summed E-state index contributed by atoms with van der Waals surface area (Å²) in [5, 5.41) is 8.06. The molecule has 0 aliphatic carbocycles. The van der Waals surface area contributed by atoms with Gasteiger partial charge in [-0.2, -0.15) is 5.10 Å². The van der Waals surface area contributed by atoms with E-state index in [4.69, 9.17) is 14.8 Å². The zero-order valence-corrected chi connectivity index (χ0v) is 21.6. The lowest BCUT2D eigenvalue weighted by atomic mass is 9.99. The number of nitrogens with zero attached hydrogens (tertiary/aromatic N) is 6. The zero-order chi connectivity index (χ0) is 26.0. The average molecular weight is 498 g/mol. The van der Waals surface area contributed by atoms with Gasteiger partial charge >= 0.3 is 6.09 Å². The fourth-order valence-electron chi connectivity index (χ4n) is 4.30. The molecule has 4 heterocycles. The van der Waals surface area contributed by atoms with Crippen LogP contribution in [0.15, 0.2) is 61.2 Å². The summed E-state index contributed by atoms with van der Waals surface area (Å²) in [5.41, 5.74) is 6.10. The number of nitrogens with one attached hydrogen (secondary N) is 1. The summed E-state index contributed by atoms with van der Waals surface area (Å²) in [7, 11) is 0. The Labute approximate surface area is 216 Å². The monoisotopic (exact) mass is 497 g/mol. The van der Waals surface area contributed by atoms with Gasteiger partial charge in [0.25, 0.3) is 0 Å². The molecule has 1 aromatic carbocycles. The molecule has 0 unspecified atom stereocenters. The number of carbonyl (C=O) groups is 1. The minimum absolute atomic E-state index is 0.287. The number of benzene rings is 1. The Kier molecular flexibility index (Phi) is 6.60. The molecule has 0 saturated carbocycles. The fraction of sp³-hybridized carbons (Fsp3) is 0.321. The van der Waals surface area contributed by atoms with Crippen LogP contribution in [0.3, 0.4) is 0 Å². The first-order chi connectivity index (χ1) is 17.8. The Morgan fingerprint density at radius 1 is 1.14 bits per heavy atom. The van der Waals surface area contributed by atoms with Crippen molar-refractivity contribution in [3.8, 4) is 22.5 Å². The zero-order valence-electron chi connectivity index (χ0n) is 21.6. The molecule has 37 heavy (non-hydrogen) atoms. The maximum Gasteiger partial charge on any atom is 0.410 e. The lowest BCUT2D eigenvalue weighted by molar-refractivity contribution is 0.0224. The lowest BCUT2D eigenvalue weighted by Crippen LogP contribution is -2.39. The quantitative estimate of drug-likeness (QED) is 0.391. The molecular formula is C28H31N7O2. The maximum absolute atomic E-state index is 12.6. The number of carbonyl (C=O) groups excluding carboxylic acids is 1. The van der Waals surface area contributed by atoms with Crippen LogP contribution in [0.25, 0.3) is 22.5 Å². The van der Waals surface area contributed by atoms with E-state index in [0.717, 1.165) is 46.7 Å². The van der Waals surface area contributed by atoms with Crippen LogP contribution in [0.1, 0.15) is 38.8 Å². The number of ether oxygens (including phenoxy) is 1. The minimum Gasteiger partial charge on any atom is -0.444 e. The van der Waals surface area contributed by atoms with Crippen molar-refractivity contribution >= 4 is 17.7 Å². The second-order valence-corrected chi connectivity index (χ2v) is 10.0. The van der Waals surface area contributed by atoms with Gasteiger partial charge in [-0.1, -0.05) is 6.07 Å². The van der Waals surface area contributed by atoms with Crippen molar-refractivity contribution in [2.45, 2.75) is 52.8 Å². The number of aryl methyl sites for hydroxylation is 1. The number of amides is 1. The van der Waals surface area contributed by atoms with Crippen molar-refractivity contribution in [1.82, 2.24) is 29.6 Å². The van der Waals surface area contributed by atoms with Gasteiger partial charge in [-0.15, -0.1) is 0 Å². The molecule has 5 rings (SSSR count). The molecule has 4 aromatic rings. The first-order valence-corrected chi connectivity index (χ1v) is 12.5. The van der Waals surface area contributed by atoms with Crippen molar-refractivity contribution in [3.63, 3.8) is 0 Å². The van der Waals surface area contributed by atoms with Crippen LogP contribution in [0.5, 0.6) is 0 Å². The Bertz CT molecular complexity index is 1410. The summed E-state index contributed by atoms with van der Waals surface area (Å²) in [6.07, 6.45) is 7.80. The van der Waals surface area contributed by atoms with Crippen LogP contribution < -0.4 is 5.32 Å². The van der Waals surface area contributed by atoms with E-state index < -0.39 is 5.60 Å². The second-order valence-electron chi connectivity index (χ2n) is 10.0. The lowest BCUT2D eigenvalue weighted by Gasteiger charge is -2.31. The molecule has 9 nitrogen and oxygen atoms in total. The molecule has 190 valence electrons. The van der Waals surface area contributed by atoms with E-state index in [1.165, 1.54) is 5.56 Å². The third-order valence-corrected chi connectivity index (χ3v) is 6.08. The van der Waals surface area contributed by atoms with Gasteiger partial charge in [0, 0.05) is 61.2 Å². The highest BCUT2D eigenvalue weighted by Crippen LogP contribution is 2.31. The number of aromatic nitrogens is 5. The van der Waals surface area contributed by atoms with E-state index in [1.54, 1.807) is 23.5 Å². The standard InChI is InChI=1S/C28H31N7O2/c1-5-35-18-23(25(33-35)20-7-6-12-29-16-20)24-10-13-30-26(32-24)31-22-9-8-19-11-14-34(17-21(19)15-22)27(36)37-28(2,3)4/h6-10,12-13,15-16,18H,5,11,14,17H2,1-4H3,(H,30,31,32). The molecule has 3 aromatic heterocycles. The smallest absolute Gasteiger partial charge is 0.410 e. The largest absolute Gasteiger partial charge is 0.444 e. The highest BCUT2D eigenvalue weighted by molar-refractivity contribution is 5.78. The molecule has 0 bridgehead atoms. The van der Waals surface area contributed by atoms with Crippen molar-refractivity contribution < 1.29 is 9.53 Å². The van der Waals surface area contributed by atoms with Crippen LogP contribution in [0.4, 0.5) is 16.4 Å². The van der Waals surface area contributed by atoms with E-state index in [-0.39, 0.29) is 6.09 Å². The SMILES string of the molecule is CCn1cc(-c2ccnc(Nc3ccc4c(c3)CN(C(=O)OC(C)(C)C)CC4)n2)c(-c2cccnc2)n1. The van der Waals surface area contributed by atoms with Crippen LogP contribution in [0, 0.1) is 0 Å². The third-order valence-electron chi connectivity index (χ3n) is 6.08. The van der Waals surface area contributed by atoms with Gasteiger partial charge in [0.2, 0.25) is 5.95 Å². The van der Waals surface area contributed by atoms with Crippen molar-refractivity contribution in [2.24, 2.45) is 0 Å². The molecular weight excluding hydrogens is 466 g/mol. The fourth-order valence-corrected chi connectivity index (χ4v) is 4.30. The minimum atomic E-state index is -0.520. The van der Waals surface area contributed by atoms with E-state index >= 15 is 0 Å². The van der Waals surface area contributed by atoms with Gasteiger partial charge in [0.05, 0.1) is 5.69 Å². The Morgan fingerprint density at radius 2 is 2.00 bits per heavy atom. The third kappa shape index (κ3) is 5.61. The number of pyridine rings is 1. The number of anilines is 2. The number of hydrogen-bond acceptors (Lipinski definition) is 7. The molecule has 9 heteroatoms. The van der Waals surface area contributed by atoms with Crippen molar-refractivity contribution in [1.29, 1.82) is 0 Å². The number of hydrogen-bond donors (Lipinski definition) is 1. The highest BCUT2D eigenvalue weighted by Gasteiger charge is 2.26. The van der Waals surface area contributed by atoms with Crippen LogP contribution in [-0.2, 0) is 24.2 Å². The van der Waals surface area contributed by atoms with Gasteiger partial charge in [-0.3, -0.25) is 9.67 Å². The summed E-state index contributed by atoms with van der Waals surface area (Å²) in [6.45, 7) is 9.59. The molecule has 1 aliphatic rings. The summed E-state index contributed by atoms with van der Waals surface area (Å²) < 4.78 is 7.46. The molecule has 1 amide bonds. The van der Waals surface area contributed by atoms with E-state index in [2.05, 4.69) is 34.3 Å². The first kappa shape index (κ1) is 24.4. The highest BCUT2D eigenvalue weighted by atomic mass is 16.6. The van der Waals surface area contributed by atoms with Gasteiger partial charge in [-0.05, 0) is 75.6 Å². The summed E-state index contributed by atoms with van der Waals surface area (Å²) >= 11 is 0. The van der Waals surface area contributed by atoms with Crippen LogP contribution >= 0.6 is 0 Å². The number of fused-ring (bicyclic) bond motifs is 1. The molecule has 0 fully saturated rings. The predicted molar refractivity (Wildman–Crippen MR) is 142 cm³/mol. The maximum atomic E-state index is 12.6. The summed E-state index contributed by atoms with van der Waals surface area (Å²) in [5.74, 6) is 0.485. The molecule has 0 radical (unpaired) electrons. The topological polar surface area (TPSA) is 98.1 Å². The average Bonchev–Trinajstić information content (AvgIpc) is 3.33. The molecule has 0 saturated heterocycles. The van der Waals surface area contributed by atoms with Gasteiger partial charge < -0.3 is 15.0 Å². The Hall–Kier alpha value is -4.27. The summed E-state index contributed by atoms with van der Waals surface area (Å²) in [4.78, 5) is 27.8. The van der Waals surface area contributed by atoms with Crippen LogP contribution in [0.2, 0.25) is 0 Å². The van der Waals surface area contributed by atoms with Crippen molar-refractivity contribution in [2.75, 3.05) is 11.9 Å². The molecule has 0 atom stereocenters. The van der Waals surface area contributed by atoms with Gasteiger partial charge in [0.1, 0.15) is 11.3 Å². The normalized spacial score (nSPS) is 13.2. The second kappa shape index (κ2) is 10.0. The van der Waals surface area contributed by atoms with Crippen molar-refractivity contribution in [3.05, 3.63) is 72.3 Å². The van der Waals surface area contributed by atoms with Gasteiger partial charge in [0.15, 0.2) is 0 Å². The molecule has 1 N–H and O–H groups in total. The van der Waals surface area contributed by atoms with E-state index in [0.29, 0.717) is 19.0 Å². The molecule has 0 spiro atoms. The Morgan fingerprint density at radius 3 is 2.76 bits per heavy atom. The van der Waals surface area contributed by atoms with E-state index in [1.807, 2.05) is 55.9 Å².